The maximum absolute atomic E-state index is 11.8. The fourth-order valence-corrected chi connectivity index (χ4v) is 2.00. The average molecular weight is 300 g/mol. The van der Waals surface area contributed by atoms with Gasteiger partial charge in [-0.2, -0.15) is 0 Å². The summed E-state index contributed by atoms with van der Waals surface area (Å²) >= 11 is 0. The molecule has 5 nitrogen and oxygen atoms in total. The summed E-state index contributed by atoms with van der Waals surface area (Å²) in [5.74, 6) is 0.634. The minimum atomic E-state index is -0.591. The predicted octanol–water partition coefficient (Wildman–Crippen LogP) is 2.06. The summed E-state index contributed by atoms with van der Waals surface area (Å²) in [6, 6.07) is -0.591. The number of carbonyl (C=O) groups is 2. The molecule has 0 aliphatic heterocycles. The lowest BCUT2D eigenvalue weighted by atomic mass is 10.1. The Labute approximate surface area is 129 Å². The van der Waals surface area contributed by atoms with Gasteiger partial charge in [-0.15, -0.1) is 0 Å². The highest BCUT2D eigenvalue weighted by atomic mass is 16.5. The van der Waals surface area contributed by atoms with Gasteiger partial charge >= 0.3 is 5.97 Å². The topological polar surface area (TPSA) is 58.6 Å². The van der Waals surface area contributed by atoms with E-state index in [1.165, 1.54) is 14.0 Å². The normalized spacial score (nSPS) is 12.8. The molecule has 0 saturated heterocycles. The van der Waals surface area contributed by atoms with Gasteiger partial charge in [0.2, 0.25) is 5.91 Å². The Morgan fingerprint density at radius 3 is 1.86 bits per heavy atom. The molecule has 0 aliphatic rings. The Balaban J connectivity index is 4.67. The first-order valence-electron chi connectivity index (χ1n) is 7.83. The maximum atomic E-state index is 11.8. The van der Waals surface area contributed by atoms with E-state index >= 15 is 0 Å². The van der Waals surface area contributed by atoms with Gasteiger partial charge in [-0.3, -0.25) is 4.79 Å². The number of rotatable bonds is 10. The Morgan fingerprint density at radius 1 is 1.05 bits per heavy atom. The van der Waals surface area contributed by atoms with Gasteiger partial charge in [-0.1, -0.05) is 27.7 Å². The molecule has 21 heavy (non-hydrogen) atoms. The van der Waals surface area contributed by atoms with Crippen LogP contribution in [0.4, 0.5) is 0 Å². The fourth-order valence-electron chi connectivity index (χ4n) is 2.00. The first kappa shape index (κ1) is 19.9. The van der Waals surface area contributed by atoms with Crippen LogP contribution in [0.2, 0.25) is 0 Å². The molecule has 0 spiro atoms. The van der Waals surface area contributed by atoms with Gasteiger partial charge in [0.25, 0.3) is 0 Å². The van der Waals surface area contributed by atoms with E-state index in [0.29, 0.717) is 18.4 Å². The van der Waals surface area contributed by atoms with Gasteiger partial charge < -0.3 is 15.0 Å². The van der Waals surface area contributed by atoms with Crippen molar-refractivity contribution in [1.29, 1.82) is 0 Å². The summed E-state index contributed by atoms with van der Waals surface area (Å²) in [5, 5.41) is 2.68. The van der Waals surface area contributed by atoms with Crippen molar-refractivity contribution < 1.29 is 14.3 Å². The Hall–Kier alpha value is -1.10. The van der Waals surface area contributed by atoms with Gasteiger partial charge in [-0.05, 0) is 37.8 Å². The number of nitrogens with zero attached hydrogens (tertiary/aromatic N) is 1. The second-order valence-electron chi connectivity index (χ2n) is 6.44. The number of methoxy groups -OCH3 is 1. The summed E-state index contributed by atoms with van der Waals surface area (Å²) in [5.41, 5.74) is 0. The molecule has 0 aromatic carbocycles. The van der Waals surface area contributed by atoms with Crippen molar-refractivity contribution in [3.05, 3.63) is 0 Å². The van der Waals surface area contributed by atoms with E-state index in [9.17, 15) is 9.59 Å². The number of hydrogen-bond acceptors (Lipinski definition) is 4. The first-order valence-corrected chi connectivity index (χ1v) is 7.83. The van der Waals surface area contributed by atoms with E-state index in [1.54, 1.807) is 0 Å². The zero-order valence-corrected chi connectivity index (χ0v) is 14.4. The van der Waals surface area contributed by atoms with E-state index in [4.69, 9.17) is 4.74 Å². The number of hydrogen-bond donors (Lipinski definition) is 1. The van der Waals surface area contributed by atoms with Gasteiger partial charge in [-0.25, -0.2) is 4.79 Å². The van der Waals surface area contributed by atoms with E-state index in [1.807, 2.05) is 0 Å². The molecule has 0 rings (SSSR count). The molecule has 1 amide bonds. The molecule has 1 unspecified atom stereocenters. The molecule has 124 valence electrons. The number of ether oxygens (including phenoxy) is 1. The minimum absolute atomic E-state index is 0.210. The summed E-state index contributed by atoms with van der Waals surface area (Å²) in [6.07, 6.45) is 2.15. The molecule has 0 heterocycles. The smallest absolute Gasteiger partial charge is 0.329 e. The van der Waals surface area contributed by atoms with Gasteiger partial charge in [0.05, 0.1) is 7.11 Å². The van der Waals surface area contributed by atoms with E-state index < -0.39 is 6.04 Å². The van der Waals surface area contributed by atoms with Crippen LogP contribution < -0.4 is 5.32 Å². The van der Waals surface area contributed by atoms with Gasteiger partial charge in [0.15, 0.2) is 0 Å². The number of carbonyl (C=O) groups excluding carboxylic acids is 2. The van der Waals surface area contributed by atoms with Crippen LogP contribution in [0.1, 0.15) is 47.5 Å². The lowest BCUT2D eigenvalue weighted by Gasteiger charge is -2.27. The molecular formula is C16H32N2O3. The molecule has 1 atom stereocenters. The average Bonchev–Trinajstić information content (AvgIpc) is 2.38. The highest BCUT2D eigenvalue weighted by molar-refractivity contribution is 5.83. The summed E-state index contributed by atoms with van der Waals surface area (Å²) in [7, 11) is 1.35. The van der Waals surface area contributed by atoms with Crippen LogP contribution in [0.15, 0.2) is 0 Å². The van der Waals surface area contributed by atoms with Crippen LogP contribution in [-0.4, -0.2) is 49.6 Å². The second kappa shape index (κ2) is 10.6. The minimum Gasteiger partial charge on any atom is -0.467 e. The summed E-state index contributed by atoms with van der Waals surface area (Å²) in [4.78, 5) is 25.3. The van der Waals surface area contributed by atoms with E-state index in [-0.39, 0.29) is 11.9 Å². The van der Waals surface area contributed by atoms with Crippen molar-refractivity contribution in [2.45, 2.75) is 53.5 Å². The SMILES string of the molecule is COC(=O)C(CN(CCC(C)C)CCC(C)C)NC(C)=O. The number of esters is 1. The monoisotopic (exact) mass is 300 g/mol. The second-order valence-corrected chi connectivity index (χ2v) is 6.44. The first-order chi connectivity index (χ1) is 9.76. The highest BCUT2D eigenvalue weighted by Gasteiger charge is 2.23. The largest absolute Gasteiger partial charge is 0.467 e. The third-order valence-corrected chi connectivity index (χ3v) is 3.35. The van der Waals surface area contributed by atoms with Crippen molar-refractivity contribution in [2.24, 2.45) is 11.8 Å². The van der Waals surface area contributed by atoms with Crippen LogP contribution in [0.25, 0.3) is 0 Å². The standard InChI is InChI=1S/C16H32N2O3/c1-12(2)7-9-18(10-8-13(3)4)11-15(16(20)21-6)17-14(5)19/h12-13,15H,7-11H2,1-6H3,(H,17,19). The highest BCUT2D eigenvalue weighted by Crippen LogP contribution is 2.08. The summed E-state index contributed by atoms with van der Waals surface area (Å²) < 4.78 is 4.78. The van der Waals surface area contributed by atoms with Crippen molar-refractivity contribution in [2.75, 3.05) is 26.7 Å². The molecule has 0 aliphatic carbocycles. The molecule has 5 heteroatoms. The Morgan fingerprint density at radius 2 is 1.52 bits per heavy atom. The number of amides is 1. The van der Waals surface area contributed by atoms with Crippen molar-refractivity contribution in [1.82, 2.24) is 10.2 Å². The molecule has 0 radical (unpaired) electrons. The molecule has 0 saturated carbocycles. The lowest BCUT2D eigenvalue weighted by molar-refractivity contribution is -0.145. The van der Waals surface area contributed by atoms with Gasteiger partial charge in [0.1, 0.15) is 6.04 Å². The number of nitrogens with one attached hydrogen (secondary N) is 1. The zero-order valence-electron chi connectivity index (χ0n) is 14.4. The predicted molar refractivity (Wildman–Crippen MR) is 85.0 cm³/mol. The quantitative estimate of drug-likeness (QED) is 0.627. The van der Waals surface area contributed by atoms with Crippen LogP contribution in [0, 0.1) is 11.8 Å². The molecular weight excluding hydrogens is 268 g/mol. The van der Waals surface area contributed by atoms with Crippen molar-refractivity contribution >= 4 is 11.9 Å². The van der Waals surface area contributed by atoms with Crippen molar-refractivity contribution in [3.8, 4) is 0 Å². The van der Waals surface area contributed by atoms with Gasteiger partial charge in [0, 0.05) is 13.5 Å². The molecule has 0 fully saturated rings. The third-order valence-electron chi connectivity index (χ3n) is 3.35. The molecule has 1 N–H and O–H groups in total. The van der Waals surface area contributed by atoms with Crippen LogP contribution >= 0.6 is 0 Å². The Bertz CT molecular complexity index is 305. The van der Waals surface area contributed by atoms with Crippen LogP contribution in [0.3, 0.4) is 0 Å². The Kier molecular flexibility index (Phi) is 10.0. The maximum Gasteiger partial charge on any atom is 0.329 e. The van der Waals surface area contributed by atoms with Crippen molar-refractivity contribution in [3.63, 3.8) is 0 Å². The van der Waals surface area contributed by atoms with Crippen LogP contribution in [-0.2, 0) is 14.3 Å². The fraction of sp³-hybridized carbons (Fsp3) is 0.875. The zero-order chi connectivity index (χ0) is 16.4. The van der Waals surface area contributed by atoms with Crippen LogP contribution in [0.5, 0.6) is 0 Å². The van der Waals surface area contributed by atoms with E-state index in [0.717, 1.165) is 25.9 Å². The molecule has 0 bridgehead atoms. The molecule has 0 aromatic rings. The molecule has 0 aromatic heterocycles. The van der Waals surface area contributed by atoms with E-state index in [2.05, 4.69) is 37.9 Å². The summed E-state index contributed by atoms with van der Waals surface area (Å²) in [6.45, 7) is 12.5. The lowest BCUT2D eigenvalue weighted by Crippen LogP contribution is -2.49. The third kappa shape index (κ3) is 10.3.